The van der Waals surface area contributed by atoms with Gasteiger partial charge in [0.15, 0.2) is 0 Å². The van der Waals surface area contributed by atoms with Gasteiger partial charge in [0.1, 0.15) is 11.2 Å². The predicted octanol–water partition coefficient (Wildman–Crippen LogP) is 4.46. The topological polar surface area (TPSA) is 56.5 Å². The molecule has 0 fully saturated rings. The van der Waals surface area contributed by atoms with E-state index in [1.807, 2.05) is 0 Å². The van der Waals surface area contributed by atoms with Crippen LogP contribution in [0.5, 0.6) is 0 Å². The predicted molar refractivity (Wildman–Crippen MR) is 84.3 cm³/mol. The second-order valence-corrected chi connectivity index (χ2v) is 5.51. The van der Waals surface area contributed by atoms with Crippen molar-refractivity contribution < 1.29 is 27.5 Å². The van der Waals surface area contributed by atoms with Gasteiger partial charge in [-0.1, -0.05) is 17.7 Å². The number of carbonyl (C=O) groups is 2. The Labute approximate surface area is 139 Å². The van der Waals surface area contributed by atoms with Crippen LogP contribution in [0.25, 0.3) is 21.9 Å². The summed E-state index contributed by atoms with van der Waals surface area (Å²) in [6.45, 7) is 1.26. The lowest BCUT2D eigenvalue weighted by Crippen LogP contribution is -2.34. The number of ketones is 1. The maximum Gasteiger partial charge on any atom is 0.381 e. The fourth-order valence-electron chi connectivity index (χ4n) is 2.40. The molecule has 3 rings (SSSR count). The minimum absolute atomic E-state index is 0.163. The van der Waals surface area contributed by atoms with Gasteiger partial charge in [-0.3, -0.25) is 4.79 Å². The van der Waals surface area contributed by atoms with Gasteiger partial charge in [0.05, 0.1) is 6.61 Å². The molecule has 24 heavy (non-hydrogen) atoms. The van der Waals surface area contributed by atoms with Crippen molar-refractivity contribution in [2.45, 2.75) is 12.8 Å². The number of halogens is 3. The van der Waals surface area contributed by atoms with Crippen molar-refractivity contribution in [3.05, 3.63) is 47.0 Å². The van der Waals surface area contributed by atoms with Crippen LogP contribution >= 0.6 is 11.6 Å². The molecule has 0 aliphatic rings. The molecule has 124 valence electrons. The lowest BCUT2D eigenvalue weighted by molar-refractivity contribution is -0.166. The number of hydrogen-bond donors (Lipinski definition) is 0. The van der Waals surface area contributed by atoms with E-state index in [-0.39, 0.29) is 12.2 Å². The summed E-state index contributed by atoms with van der Waals surface area (Å²) < 4.78 is 38.4. The Morgan fingerprint density at radius 2 is 1.75 bits per heavy atom. The second kappa shape index (κ2) is 5.87. The van der Waals surface area contributed by atoms with E-state index >= 15 is 0 Å². The molecular formula is C17H11ClF2O4. The van der Waals surface area contributed by atoms with Crippen molar-refractivity contribution in [1.82, 2.24) is 0 Å². The lowest BCUT2D eigenvalue weighted by atomic mass is 10.0. The lowest BCUT2D eigenvalue weighted by Gasteiger charge is -2.14. The van der Waals surface area contributed by atoms with Crippen molar-refractivity contribution in [1.29, 1.82) is 0 Å². The SMILES string of the molecule is CCOC(=O)C(=O)C(F)(F)c1ccc2c(c1)oc1cc(Cl)ccc12. The van der Waals surface area contributed by atoms with E-state index in [1.54, 1.807) is 18.2 Å². The molecule has 0 amide bonds. The molecule has 0 atom stereocenters. The fraction of sp³-hybridized carbons (Fsp3) is 0.176. The average molecular weight is 353 g/mol. The minimum atomic E-state index is -4.00. The van der Waals surface area contributed by atoms with Gasteiger partial charge in [0.25, 0.3) is 0 Å². The van der Waals surface area contributed by atoms with Gasteiger partial charge in [-0.2, -0.15) is 8.78 Å². The van der Waals surface area contributed by atoms with Gasteiger partial charge < -0.3 is 9.15 Å². The Kier molecular flexibility index (Phi) is 4.01. The maximum absolute atomic E-state index is 14.3. The number of esters is 1. The number of furan rings is 1. The Hall–Kier alpha value is -2.47. The number of fused-ring (bicyclic) bond motifs is 3. The van der Waals surface area contributed by atoms with Crippen LogP contribution in [0.15, 0.2) is 40.8 Å². The zero-order chi connectivity index (χ0) is 17.5. The summed E-state index contributed by atoms with van der Waals surface area (Å²) in [5.74, 6) is -7.49. The first-order valence-corrected chi connectivity index (χ1v) is 7.44. The van der Waals surface area contributed by atoms with Gasteiger partial charge in [-0.15, -0.1) is 0 Å². The molecule has 0 spiro atoms. The number of benzene rings is 2. The third-order valence-corrected chi connectivity index (χ3v) is 3.78. The number of alkyl halides is 2. The summed E-state index contributed by atoms with van der Waals surface area (Å²) >= 11 is 5.88. The summed E-state index contributed by atoms with van der Waals surface area (Å²) in [5, 5.41) is 1.76. The molecule has 7 heteroatoms. The van der Waals surface area contributed by atoms with Crippen LogP contribution in [0.4, 0.5) is 8.78 Å². The zero-order valence-corrected chi connectivity index (χ0v) is 13.2. The van der Waals surface area contributed by atoms with Crippen molar-refractivity contribution in [3.63, 3.8) is 0 Å². The van der Waals surface area contributed by atoms with Crippen LogP contribution in [0, 0.1) is 0 Å². The maximum atomic E-state index is 14.3. The molecule has 0 unspecified atom stereocenters. The molecule has 2 aromatic carbocycles. The molecule has 0 radical (unpaired) electrons. The monoisotopic (exact) mass is 352 g/mol. The minimum Gasteiger partial charge on any atom is -0.460 e. The van der Waals surface area contributed by atoms with E-state index < -0.39 is 23.2 Å². The Balaban J connectivity index is 2.08. The summed E-state index contributed by atoms with van der Waals surface area (Å²) in [4.78, 5) is 23.0. The first-order valence-electron chi connectivity index (χ1n) is 7.06. The number of ether oxygens (including phenoxy) is 1. The number of carbonyl (C=O) groups excluding carboxylic acids is 2. The highest BCUT2D eigenvalue weighted by atomic mass is 35.5. The summed E-state index contributed by atoms with van der Waals surface area (Å²) in [7, 11) is 0. The van der Waals surface area contributed by atoms with Crippen LogP contribution in [0.1, 0.15) is 12.5 Å². The van der Waals surface area contributed by atoms with E-state index in [0.29, 0.717) is 21.4 Å². The third kappa shape index (κ3) is 2.63. The third-order valence-electron chi connectivity index (χ3n) is 3.54. The standard InChI is InChI=1S/C17H11ClF2O4/c1-2-23-16(22)15(21)17(19,20)9-3-5-11-12-6-4-10(18)8-14(12)24-13(11)7-9/h3-8H,2H2,1H3. The molecule has 1 heterocycles. The van der Waals surface area contributed by atoms with E-state index in [4.69, 9.17) is 16.0 Å². The molecule has 3 aromatic rings. The number of rotatable bonds is 4. The zero-order valence-electron chi connectivity index (χ0n) is 12.4. The average Bonchev–Trinajstić information content (AvgIpc) is 2.90. The Bertz CT molecular complexity index is 962. The van der Waals surface area contributed by atoms with Crippen molar-refractivity contribution >= 4 is 45.3 Å². The van der Waals surface area contributed by atoms with E-state index in [0.717, 1.165) is 12.1 Å². The Morgan fingerprint density at radius 3 is 2.42 bits per heavy atom. The fourth-order valence-corrected chi connectivity index (χ4v) is 2.56. The molecule has 4 nitrogen and oxygen atoms in total. The highest BCUT2D eigenvalue weighted by Crippen LogP contribution is 2.36. The molecule has 0 saturated heterocycles. The van der Waals surface area contributed by atoms with Gasteiger partial charge in [-0.05, 0) is 31.2 Å². The van der Waals surface area contributed by atoms with Crippen LogP contribution in [0.3, 0.4) is 0 Å². The van der Waals surface area contributed by atoms with Crippen molar-refractivity contribution in [2.75, 3.05) is 6.61 Å². The number of hydrogen-bond acceptors (Lipinski definition) is 4. The molecular weight excluding hydrogens is 342 g/mol. The van der Waals surface area contributed by atoms with Gasteiger partial charge in [0, 0.05) is 27.4 Å². The molecule has 0 N–H and O–H groups in total. The molecule has 0 bridgehead atoms. The molecule has 0 aliphatic carbocycles. The quantitative estimate of drug-likeness (QED) is 0.513. The second-order valence-electron chi connectivity index (χ2n) is 5.08. The molecule has 1 aromatic heterocycles. The van der Waals surface area contributed by atoms with Crippen molar-refractivity contribution in [2.24, 2.45) is 0 Å². The van der Waals surface area contributed by atoms with Crippen LogP contribution in [0.2, 0.25) is 5.02 Å². The van der Waals surface area contributed by atoms with Gasteiger partial charge in [0.2, 0.25) is 0 Å². The van der Waals surface area contributed by atoms with E-state index in [2.05, 4.69) is 4.74 Å². The summed E-state index contributed by atoms with van der Waals surface area (Å²) in [5.41, 5.74) is -0.0333. The highest BCUT2D eigenvalue weighted by Gasteiger charge is 2.46. The molecule has 0 saturated carbocycles. The first-order chi connectivity index (χ1) is 11.3. The van der Waals surface area contributed by atoms with Crippen LogP contribution in [-0.2, 0) is 20.2 Å². The largest absolute Gasteiger partial charge is 0.460 e. The Morgan fingerprint density at radius 1 is 1.12 bits per heavy atom. The molecule has 0 aliphatic heterocycles. The van der Waals surface area contributed by atoms with Gasteiger partial charge in [-0.25, -0.2) is 4.79 Å². The van der Waals surface area contributed by atoms with Gasteiger partial charge >= 0.3 is 17.7 Å². The van der Waals surface area contributed by atoms with E-state index in [1.165, 1.54) is 13.0 Å². The summed E-state index contributed by atoms with van der Waals surface area (Å²) in [6, 6.07) is 8.48. The van der Waals surface area contributed by atoms with E-state index in [9.17, 15) is 18.4 Å². The summed E-state index contributed by atoms with van der Waals surface area (Å²) in [6.07, 6.45) is 0. The van der Waals surface area contributed by atoms with Crippen LogP contribution < -0.4 is 0 Å². The smallest absolute Gasteiger partial charge is 0.381 e. The normalized spacial score (nSPS) is 11.8. The number of Topliss-reactive ketones (excluding diaryl/α,β-unsaturated/α-hetero) is 1. The first kappa shape index (κ1) is 16.4. The highest BCUT2D eigenvalue weighted by molar-refractivity contribution is 6.36. The van der Waals surface area contributed by atoms with Crippen molar-refractivity contribution in [3.8, 4) is 0 Å². The van der Waals surface area contributed by atoms with Crippen LogP contribution in [-0.4, -0.2) is 18.4 Å².